The second-order valence-corrected chi connectivity index (χ2v) is 6.39. The summed E-state index contributed by atoms with van der Waals surface area (Å²) in [5, 5.41) is 3.30. The first-order valence-electron chi connectivity index (χ1n) is 8.49. The molecule has 2 aliphatic rings. The second kappa shape index (κ2) is 6.40. The maximum absolute atomic E-state index is 13.1. The molecule has 1 aromatic heterocycles. The minimum absolute atomic E-state index is 0.0773. The molecular formula is C18H22N4O3. The summed E-state index contributed by atoms with van der Waals surface area (Å²) in [5.74, 6) is 1.51. The number of H-pyrrole nitrogens is 1. The second-order valence-electron chi connectivity index (χ2n) is 6.39. The van der Waals surface area contributed by atoms with Gasteiger partial charge in [-0.25, -0.2) is 4.98 Å². The molecule has 0 radical (unpaired) electrons. The molecule has 0 bridgehead atoms. The van der Waals surface area contributed by atoms with E-state index in [1.165, 1.54) is 5.56 Å². The standard InChI is InChI=1S/C18H22N4O3/c1-24-14-7-11-4-6-22(9-12(11)8-15(14)25-2)18(23)17-16-13(3-5-19-17)20-10-21-16/h7-8,10,17,19H,3-6,9H2,1-2H3,(H,20,21). The minimum Gasteiger partial charge on any atom is -0.493 e. The van der Waals surface area contributed by atoms with E-state index in [1.807, 2.05) is 17.0 Å². The Labute approximate surface area is 146 Å². The topological polar surface area (TPSA) is 79.5 Å². The van der Waals surface area contributed by atoms with Gasteiger partial charge in [-0.15, -0.1) is 0 Å². The number of nitrogens with zero attached hydrogens (tertiary/aromatic N) is 2. The van der Waals surface area contributed by atoms with Crippen molar-refractivity contribution < 1.29 is 14.3 Å². The average Bonchev–Trinajstić information content (AvgIpc) is 3.14. The van der Waals surface area contributed by atoms with E-state index in [2.05, 4.69) is 15.3 Å². The van der Waals surface area contributed by atoms with Gasteiger partial charge in [0.1, 0.15) is 6.04 Å². The Hall–Kier alpha value is -2.54. The van der Waals surface area contributed by atoms with E-state index in [9.17, 15) is 4.79 Å². The Balaban J connectivity index is 1.58. The zero-order valence-corrected chi connectivity index (χ0v) is 14.5. The van der Waals surface area contributed by atoms with E-state index in [1.54, 1.807) is 20.5 Å². The van der Waals surface area contributed by atoms with Gasteiger partial charge in [-0.3, -0.25) is 4.79 Å². The first kappa shape index (κ1) is 16.0. The molecule has 4 rings (SSSR count). The summed E-state index contributed by atoms with van der Waals surface area (Å²) in [5.41, 5.74) is 4.20. The largest absolute Gasteiger partial charge is 0.493 e. The lowest BCUT2D eigenvalue weighted by Crippen LogP contribution is -2.45. The highest BCUT2D eigenvalue weighted by atomic mass is 16.5. The molecule has 1 aromatic carbocycles. The molecule has 1 amide bonds. The van der Waals surface area contributed by atoms with E-state index >= 15 is 0 Å². The van der Waals surface area contributed by atoms with Gasteiger partial charge in [-0.05, 0) is 29.7 Å². The molecule has 25 heavy (non-hydrogen) atoms. The van der Waals surface area contributed by atoms with Gasteiger partial charge in [-0.2, -0.15) is 0 Å². The third-order valence-corrected chi connectivity index (χ3v) is 5.03. The Morgan fingerprint density at radius 2 is 1.96 bits per heavy atom. The molecule has 0 saturated carbocycles. The Bertz CT molecular complexity index is 802. The third kappa shape index (κ3) is 2.74. The maximum atomic E-state index is 13.1. The summed E-state index contributed by atoms with van der Waals surface area (Å²) in [6, 6.07) is 3.62. The molecule has 7 heteroatoms. The molecular weight excluding hydrogens is 320 g/mol. The fourth-order valence-corrected chi connectivity index (χ4v) is 3.68. The summed E-state index contributed by atoms with van der Waals surface area (Å²) in [7, 11) is 3.26. The molecule has 132 valence electrons. The van der Waals surface area contributed by atoms with Crippen LogP contribution < -0.4 is 14.8 Å². The normalized spacial score (nSPS) is 19.1. The summed E-state index contributed by atoms with van der Waals surface area (Å²) in [4.78, 5) is 22.4. The van der Waals surface area contributed by atoms with Gasteiger partial charge < -0.3 is 24.7 Å². The highest BCUT2D eigenvalue weighted by Crippen LogP contribution is 2.34. The van der Waals surface area contributed by atoms with Gasteiger partial charge in [0.15, 0.2) is 11.5 Å². The minimum atomic E-state index is -0.364. The molecule has 0 spiro atoms. The zero-order valence-electron chi connectivity index (χ0n) is 14.5. The summed E-state index contributed by atoms with van der Waals surface area (Å²) in [6.07, 6.45) is 3.35. The number of ether oxygens (including phenoxy) is 2. The number of methoxy groups -OCH3 is 2. The fraction of sp³-hybridized carbons (Fsp3) is 0.444. The molecule has 0 fully saturated rings. The summed E-state index contributed by atoms with van der Waals surface area (Å²) < 4.78 is 10.8. The highest BCUT2D eigenvalue weighted by Gasteiger charge is 2.33. The van der Waals surface area contributed by atoms with Crippen molar-refractivity contribution in [1.82, 2.24) is 20.2 Å². The van der Waals surface area contributed by atoms with Crippen LogP contribution in [0.25, 0.3) is 0 Å². The number of carbonyl (C=O) groups excluding carboxylic acids is 1. The van der Waals surface area contributed by atoms with Gasteiger partial charge in [0, 0.05) is 31.7 Å². The van der Waals surface area contributed by atoms with E-state index in [-0.39, 0.29) is 11.9 Å². The molecule has 0 aliphatic carbocycles. The number of aromatic amines is 1. The molecule has 1 unspecified atom stereocenters. The van der Waals surface area contributed by atoms with E-state index in [0.717, 1.165) is 42.1 Å². The predicted molar refractivity (Wildman–Crippen MR) is 91.7 cm³/mol. The van der Waals surface area contributed by atoms with E-state index < -0.39 is 0 Å². The lowest BCUT2D eigenvalue weighted by atomic mass is 9.97. The number of benzene rings is 1. The SMILES string of the molecule is COc1cc2c(cc1OC)CN(C(=O)C1NCCc3[nH]cnc31)CC2. The van der Waals surface area contributed by atoms with Crippen LogP contribution in [0.3, 0.4) is 0 Å². The van der Waals surface area contributed by atoms with Crippen LogP contribution in [0.5, 0.6) is 11.5 Å². The van der Waals surface area contributed by atoms with Gasteiger partial charge in [0.05, 0.1) is 26.2 Å². The van der Waals surface area contributed by atoms with E-state index in [0.29, 0.717) is 18.8 Å². The number of fused-ring (bicyclic) bond motifs is 2. The molecule has 1 atom stereocenters. The van der Waals surface area contributed by atoms with Gasteiger partial charge >= 0.3 is 0 Å². The quantitative estimate of drug-likeness (QED) is 0.876. The monoisotopic (exact) mass is 342 g/mol. The van der Waals surface area contributed by atoms with Crippen LogP contribution in [-0.2, 0) is 24.2 Å². The first-order valence-corrected chi connectivity index (χ1v) is 8.49. The number of hydrogen-bond donors (Lipinski definition) is 2. The number of rotatable bonds is 3. The number of carbonyl (C=O) groups is 1. The summed E-state index contributed by atoms with van der Waals surface area (Å²) >= 11 is 0. The number of nitrogens with one attached hydrogen (secondary N) is 2. The number of amides is 1. The maximum Gasteiger partial charge on any atom is 0.246 e. The van der Waals surface area contributed by atoms with Crippen molar-refractivity contribution >= 4 is 5.91 Å². The van der Waals surface area contributed by atoms with Crippen molar-refractivity contribution in [2.45, 2.75) is 25.4 Å². The lowest BCUT2D eigenvalue weighted by Gasteiger charge is -2.33. The van der Waals surface area contributed by atoms with Crippen molar-refractivity contribution in [1.29, 1.82) is 0 Å². The predicted octanol–water partition coefficient (Wildman–Crippen LogP) is 1.20. The van der Waals surface area contributed by atoms with Crippen LogP contribution in [0.4, 0.5) is 0 Å². The third-order valence-electron chi connectivity index (χ3n) is 5.03. The van der Waals surface area contributed by atoms with Crippen molar-refractivity contribution in [3.05, 3.63) is 41.0 Å². The molecule has 0 saturated heterocycles. The van der Waals surface area contributed by atoms with E-state index in [4.69, 9.17) is 9.47 Å². The van der Waals surface area contributed by atoms with Gasteiger partial charge in [0.25, 0.3) is 0 Å². The Morgan fingerprint density at radius 3 is 2.72 bits per heavy atom. The summed E-state index contributed by atoms with van der Waals surface area (Å²) in [6.45, 7) is 2.05. The molecule has 2 N–H and O–H groups in total. The smallest absolute Gasteiger partial charge is 0.246 e. The van der Waals surface area contributed by atoms with Crippen LogP contribution in [0, 0.1) is 0 Å². The molecule has 7 nitrogen and oxygen atoms in total. The fourth-order valence-electron chi connectivity index (χ4n) is 3.68. The van der Waals surface area contributed by atoms with Crippen LogP contribution in [0.2, 0.25) is 0 Å². The highest BCUT2D eigenvalue weighted by molar-refractivity contribution is 5.83. The van der Waals surface area contributed by atoms with Crippen LogP contribution in [0.1, 0.15) is 28.6 Å². The molecule has 2 aliphatic heterocycles. The first-order chi connectivity index (χ1) is 12.2. The van der Waals surface area contributed by atoms with Crippen LogP contribution in [-0.4, -0.2) is 48.1 Å². The lowest BCUT2D eigenvalue weighted by molar-refractivity contribution is -0.134. The van der Waals surface area contributed by atoms with Crippen LogP contribution >= 0.6 is 0 Å². The van der Waals surface area contributed by atoms with Crippen molar-refractivity contribution in [3.8, 4) is 11.5 Å². The van der Waals surface area contributed by atoms with Crippen molar-refractivity contribution in [3.63, 3.8) is 0 Å². The van der Waals surface area contributed by atoms with Gasteiger partial charge in [-0.1, -0.05) is 0 Å². The molecule has 3 heterocycles. The zero-order chi connectivity index (χ0) is 17.4. The van der Waals surface area contributed by atoms with Crippen molar-refractivity contribution in [2.75, 3.05) is 27.3 Å². The van der Waals surface area contributed by atoms with Gasteiger partial charge in [0.2, 0.25) is 5.91 Å². The number of aromatic nitrogens is 2. The van der Waals surface area contributed by atoms with Crippen molar-refractivity contribution in [2.24, 2.45) is 0 Å². The molecule has 2 aromatic rings. The number of hydrogen-bond acceptors (Lipinski definition) is 5. The number of imidazole rings is 1. The van der Waals surface area contributed by atoms with Crippen LogP contribution in [0.15, 0.2) is 18.5 Å². The average molecular weight is 342 g/mol. The Morgan fingerprint density at radius 1 is 1.20 bits per heavy atom. The Kier molecular flexibility index (Phi) is 4.09.